The van der Waals surface area contributed by atoms with Gasteiger partial charge in [0, 0.05) is 6.54 Å². The summed E-state index contributed by atoms with van der Waals surface area (Å²) in [5.41, 5.74) is 0.683. The first kappa shape index (κ1) is 11.5. The Morgan fingerprint density at radius 2 is 2.24 bits per heavy atom. The number of furan rings is 1. The van der Waals surface area contributed by atoms with Gasteiger partial charge in [-0.1, -0.05) is 19.1 Å². The summed E-state index contributed by atoms with van der Waals surface area (Å²) in [4.78, 5) is 0. The Balaban J connectivity index is 2.22. The van der Waals surface area contributed by atoms with Crippen molar-refractivity contribution < 1.29 is 9.15 Å². The van der Waals surface area contributed by atoms with Crippen molar-refractivity contribution in [3.63, 3.8) is 0 Å². The van der Waals surface area contributed by atoms with Crippen LogP contribution in [0.5, 0.6) is 5.75 Å². The summed E-state index contributed by atoms with van der Waals surface area (Å²) in [5.74, 6) is 0.781. The van der Waals surface area contributed by atoms with E-state index in [1.165, 1.54) is 0 Å². The fraction of sp³-hybridized carbons (Fsp3) is 0.308. The fourth-order valence-electron chi connectivity index (χ4n) is 1.64. The third-order valence-electron chi connectivity index (χ3n) is 2.43. The van der Waals surface area contributed by atoms with E-state index >= 15 is 0 Å². The molecule has 4 nitrogen and oxygen atoms in total. The molecule has 1 aromatic carbocycles. The highest BCUT2D eigenvalue weighted by Gasteiger charge is 2.14. The van der Waals surface area contributed by atoms with Crippen LogP contribution in [0.3, 0.4) is 0 Å². The summed E-state index contributed by atoms with van der Waals surface area (Å²) in [6.45, 7) is 4.21. The first-order valence-electron chi connectivity index (χ1n) is 5.62. The Morgan fingerprint density at radius 3 is 3.00 bits per heavy atom. The minimum absolute atomic E-state index is 0.239. The molecule has 0 amide bonds. The number of nitrogens with zero attached hydrogens (tertiary/aromatic N) is 1. The summed E-state index contributed by atoms with van der Waals surface area (Å²) in [6.07, 6.45) is 0. The van der Waals surface area contributed by atoms with Crippen molar-refractivity contribution in [1.29, 1.82) is 5.26 Å². The van der Waals surface area contributed by atoms with E-state index in [1.54, 1.807) is 0 Å². The smallest absolute Gasteiger partial charge is 0.246 e. The highest BCUT2D eigenvalue weighted by Crippen LogP contribution is 2.32. The molecule has 2 rings (SSSR count). The van der Waals surface area contributed by atoms with Gasteiger partial charge in [-0.3, -0.25) is 0 Å². The quantitative estimate of drug-likeness (QED) is 0.801. The van der Waals surface area contributed by atoms with Crippen LogP contribution in [0.4, 0.5) is 0 Å². The lowest BCUT2D eigenvalue weighted by atomic mass is 10.2. The Kier molecular flexibility index (Phi) is 3.63. The maximum absolute atomic E-state index is 8.98. The molecule has 0 bridgehead atoms. The van der Waals surface area contributed by atoms with Gasteiger partial charge in [0.15, 0.2) is 5.75 Å². The maximum Gasteiger partial charge on any atom is 0.246 e. The van der Waals surface area contributed by atoms with Crippen molar-refractivity contribution in [1.82, 2.24) is 5.32 Å². The van der Waals surface area contributed by atoms with Gasteiger partial charge >= 0.3 is 0 Å². The minimum atomic E-state index is 0.239. The van der Waals surface area contributed by atoms with Crippen LogP contribution in [-0.4, -0.2) is 19.7 Å². The molecule has 0 saturated heterocycles. The van der Waals surface area contributed by atoms with Crippen molar-refractivity contribution in [3.8, 4) is 11.8 Å². The maximum atomic E-state index is 8.98. The van der Waals surface area contributed by atoms with Crippen molar-refractivity contribution >= 4 is 11.0 Å². The second kappa shape index (κ2) is 5.37. The predicted molar refractivity (Wildman–Crippen MR) is 65.0 cm³/mol. The number of rotatable bonds is 5. The highest BCUT2D eigenvalue weighted by molar-refractivity contribution is 5.86. The van der Waals surface area contributed by atoms with E-state index < -0.39 is 0 Å². The number of fused-ring (bicyclic) bond motifs is 1. The van der Waals surface area contributed by atoms with Crippen molar-refractivity contribution in [3.05, 3.63) is 30.0 Å². The topological polar surface area (TPSA) is 58.2 Å². The van der Waals surface area contributed by atoms with Gasteiger partial charge in [-0.25, -0.2) is 0 Å². The normalized spacial score (nSPS) is 10.4. The molecule has 1 aromatic heterocycles. The number of nitrogens with one attached hydrogen (secondary N) is 1. The Hall–Kier alpha value is -1.99. The minimum Gasteiger partial charge on any atom is -0.487 e. The van der Waals surface area contributed by atoms with Gasteiger partial charge in [0.1, 0.15) is 18.3 Å². The number of ether oxygens (including phenoxy) is 1. The van der Waals surface area contributed by atoms with Gasteiger partial charge < -0.3 is 14.5 Å². The number of likely N-dealkylation sites (N-methyl/N-ethyl adjacent to an activating group) is 1. The van der Waals surface area contributed by atoms with Gasteiger partial charge in [-0.15, -0.1) is 0 Å². The van der Waals surface area contributed by atoms with Crippen molar-refractivity contribution in [2.45, 2.75) is 6.92 Å². The first-order chi connectivity index (χ1) is 8.36. The average molecular weight is 230 g/mol. The van der Waals surface area contributed by atoms with Crippen LogP contribution in [0.2, 0.25) is 0 Å². The van der Waals surface area contributed by atoms with Crippen LogP contribution in [0.1, 0.15) is 12.7 Å². The van der Waals surface area contributed by atoms with Crippen molar-refractivity contribution in [2.24, 2.45) is 0 Å². The molecule has 88 valence electrons. The zero-order chi connectivity index (χ0) is 12.1. The summed E-state index contributed by atoms with van der Waals surface area (Å²) in [5, 5.41) is 13.0. The van der Waals surface area contributed by atoms with Gasteiger partial charge in [0.05, 0.1) is 5.39 Å². The van der Waals surface area contributed by atoms with Crippen LogP contribution in [0.25, 0.3) is 11.0 Å². The zero-order valence-electron chi connectivity index (χ0n) is 9.69. The zero-order valence-corrected chi connectivity index (χ0v) is 9.69. The van der Waals surface area contributed by atoms with E-state index in [0.717, 1.165) is 18.5 Å². The second-order valence-electron chi connectivity index (χ2n) is 3.57. The average Bonchev–Trinajstić information content (AvgIpc) is 2.73. The monoisotopic (exact) mass is 230 g/mol. The van der Waals surface area contributed by atoms with Gasteiger partial charge in [-0.2, -0.15) is 5.26 Å². The van der Waals surface area contributed by atoms with Crippen LogP contribution >= 0.6 is 0 Å². The highest BCUT2D eigenvalue weighted by atomic mass is 16.5. The Morgan fingerprint density at radius 1 is 1.41 bits per heavy atom. The molecule has 0 aliphatic carbocycles. The van der Waals surface area contributed by atoms with Gasteiger partial charge in [0.2, 0.25) is 5.76 Å². The van der Waals surface area contributed by atoms with Crippen LogP contribution in [0.15, 0.2) is 28.7 Å². The van der Waals surface area contributed by atoms with E-state index in [2.05, 4.69) is 5.32 Å². The fourth-order valence-corrected chi connectivity index (χ4v) is 1.64. The largest absolute Gasteiger partial charge is 0.487 e. The van der Waals surface area contributed by atoms with Crippen LogP contribution in [0, 0.1) is 11.3 Å². The Labute approximate surface area is 99.8 Å². The third kappa shape index (κ3) is 2.40. The molecule has 0 unspecified atom stereocenters. The van der Waals surface area contributed by atoms with Gasteiger partial charge in [0.25, 0.3) is 0 Å². The summed E-state index contributed by atoms with van der Waals surface area (Å²) >= 11 is 0. The summed E-state index contributed by atoms with van der Waals surface area (Å²) in [6, 6.07) is 9.50. The predicted octanol–water partition coefficient (Wildman–Crippen LogP) is 2.29. The molecular weight excluding hydrogens is 216 g/mol. The molecule has 0 radical (unpaired) electrons. The molecule has 0 fully saturated rings. The first-order valence-corrected chi connectivity index (χ1v) is 5.62. The third-order valence-corrected chi connectivity index (χ3v) is 2.43. The number of hydrogen-bond acceptors (Lipinski definition) is 4. The Bertz CT molecular complexity index is 540. The molecule has 2 aromatic rings. The SMILES string of the molecule is CCNCCOc1c(C#N)oc2ccccc12. The summed E-state index contributed by atoms with van der Waals surface area (Å²) < 4.78 is 11.0. The lowest BCUT2D eigenvalue weighted by Crippen LogP contribution is -2.20. The second-order valence-corrected chi connectivity index (χ2v) is 3.57. The van der Waals surface area contributed by atoms with E-state index in [9.17, 15) is 0 Å². The number of para-hydroxylation sites is 1. The molecular formula is C13H14N2O2. The van der Waals surface area contributed by atoms with Crippen LogP contribution in [-0.2, 0) is 0 Å². The molecule has 0 saturated carbocycles. The van der Waals surface area contributed by atoms with E-state index in [0.29, 0.717) is 17.9 Å². The number of benzene rings is 1. The van der Waals surface area contributed by atoms with Crippen LogP contribution < -0.4 is 10.1 Å². The molecule has 17 heavy (non-hydrogen) atoms. The van der Waals surface area contributed by atoms with E-state index in [1.807, 2.05) is 37.3 Å². The number of hydrogen-bond donors (Lipinski definition) is 1. The molecule has 0 aliphatic heterocycles. The summed E-state index contributed by atoms with van der Waals surface area (Å²) in [7, 11) is 0. The standard InChI is InChI=1S/C13H14N2O2/c1-2-15-7-8-16-13-10-5-3-4-6-11(10)17-12(13)9-14/h3-6,15H,2,7-8H2,1H3. The molecule has 0 atom stereocenters. The van der Waals surface area contributed by atoms with Crippen molar-refractivity contribution in [2.75, 3.05) is 19.7 Å². The lowest BCUT2D eigenvalue weighted by Gasteiger charge is -2.04. The molecule has 1 N–H and O–H groups in total. The lowest BCUT2D eigenvalue weighted by molar-refractivity contribution is 0.313. The molecule has 4 heteroatoms. The molecule has 1 heterocycles. The van der Waals surface area contributed by atoms with E-state index in [4.69, 9.17) is 14.4 Å². The van der Waals surface area contributed by atoms with E-state index in [-0.39, 0.29) is 5.76 Å². The number of nitriles is 1. The molecule has 0 aliphatic rings. The molecule has 0 spiro atoms. The van der Waals surface area contributed by atoms with Gasteiger partial charge in [-0.05, 0) is 18.7 Å².